The van der Waals surface area contributed by atoms with Crippen LogP contribution in [-0.4, -0.2) is 49.4 Å². The molecule has 158 valence electrons. The first kappa shape index (κ1) is 19.6. The molecule has 2 bridgehead atoms. The molecule has 1 aliphatic carbocycles. The predicted octanol–water partition coefficient (Wildman–Crippen LogP) is 3.66. The summed E-state index contributed by atoms with van der Waals surface area (Å²) in [5, 5.41) is 3.59. The summed E-state index contributed by atoms with van der Waals surface area (Å²) in [7, 11) is 0. The highest BCUT2D eigenvalue weighted by Gasteiger charge is 2.43. The van der Waals surface area contributed by atoms with Crippen LogP contribution in [0.1, 0.15) is 40.9 Å². The van der Waals surface area contributed by atoms with Gasteiger partial charge in [0.25, 0.3) is 5.91 Å². The molecule has 2 aliphatic heterocycles. The number of pyridine rings is 2. The largest absolute Gasteiger partial charge is 0.365 e. The number of carbonyl (C=O) groups is 1. The van der Waals surface area contributed by atoms with Crippen molar-refractivity contribution in [3.8, 4) is 11.5 Å². The van der Waals surface area contributed by atoms with Crippen LogP contribution in [-0.2, 0) is 0 Å². The van der Waals surface area contributed by atoms with Crippen molar-refractivity contribution >= 4 is 11.7 Å². The lowest BCUT2D eigenvalue weighted by Crippen LogP contribution is -2.59. The summed E-state index contributed by atoms with van der Waals surface area (Å²) in [6.07, 6.45) is 8.45. The first-order valence-corrected chi connectivity index (χ1v) is 10.8. The summed E-state index contributed by atoms with van der Waals surface area (Å²) >= 11 is 0. The number of fused-ring (bicyclic) bond motifs is 3. The fourth-order valence-corrected chi connectivity index (χ4v) is 4.80. The maximum atomic E-state index is 13.7. The van der Waals surface area contributed by atoms with Gasteiger partial charge in [0.15, 0.2) is 5.82 Å². The molecule has 0 spiro atoms. The average Bonchev–Trinajstić information content (AvgIpc) is 2.81. The van der Waals surface area contributed by atoms with Crippen LogP contribution in [0.15, 0.2) is 48.9 Å². The number of carbonyl (C=O) groups excluding carboxylic acids is 1. The number of rotatable bonds is 4. The van der Waals surface area contributed by atoms with Crippen molar-refractivity contribution in [2.24, 2.45) is 5.92 Å². The molecule has 1 saturated carbocycles. The first-order chi connectivity index (χ1) is 15.1. The zero-order valence-corrected chi connectivity index (χ0v) is 17.8. The Morgan fingerprint density at radius 1 is 1.06 bits per heavy atom. The molecule has 1 amide bonds. The Morgan fingerprint density at radius 2 is 1.90 bits per heavy atom. The summed E-state index contributed by atoms with van der Waals surface area (Å²) in [6, 6.07) is 9.91. The molecule has 0 aromatic carbocycles. The first-order valence-electron chi connectivity index (χ1n) is 10.8. The highest BCUT2D eigenvalue weighted by molar-refractivity contribution is 5.99. The van der Waals surface area contributed by atoms with Gasteiger partial charge >= 0.3 is 0 Å². The van der Waals surface area contributed by atoms with Gasteiger partial charge in [0.1, 0.15) is 11.5 Å². The van der Waals surface area contributed by atoms with E-state index >= 15 is 0 Å². The number of hydrogen-bond donors (Lipinski definition) is 1. The second kappa shape index (κ2) is 8.06. The van der Waals surface area contributed by atoms with Gasteiger partial charge in [0.05, 0.1) is 11.6 Å². The molecule has 1 unspecified atom stereocenters. The maximum Gasteiger partial charge on any atom is 0.256 e. The van der Waals surface area contributed by atoms with Crippen LogP contribution in [0.5, 0.6) is 0 Å². The summed E-state index contributed by atoms with van der Waals surface area (Å²) in [5.74, 6) is 1.85. The van der Waals surface area contributed by atoms with E-state index in [0.717, 1.165) is 42.9 Å². The second-order valence-corrected chi connectivity index (χ2v) is 8.60. The number of nitrogens with zero attached hydrogens (tertiary/aromatic N) is 5. The van der Waals surface area contributed by atoms with Gasteiger partial charge in [-0.1, -0.05) is 6.07 Å². The molecular weight excluding hydrogens is 388 g/mol. The van der Waals surface area contributed by atoms with E-state index in [1.165, 1.54) is 0 Å². The van der Waals surface area contributed by atoms with Crippen LogP contribution in [0.3, 0.4) is 0 Å². The van der Waals surface area contributed by atoms with Crippen molar-refractivity contribution < 1.29 is 4.79 Å². The van der Waals surface area contributed by atoms with Crippen LogP contribution in [0, 0.1) is 19.8 Å². The molecule has 3 aromatic rings. The van der Waals surface area contributed by atoms with E-state index in [2.05, 4.69) is 31.3 Å². The molecule has 5 heterocycles. The minimum Gasteiger partial charge on any atom is -0.365 e. The highest BCUT2D eigenvalue weighted by Crippen LogP contribution is 2.38. The number of aromatic nitrogens is 4. The molecule has 1 N–H and O–H groups in total. The third-order valence-electron chi connectivity index (χ3n) is 6.33. The van der Waals surface area contributed by atoms with Gasteiger partial charge in [0, 0.05) is 36.9 Å². The van der Waals surface area contributed by atoms with Gasteiger partial charge < -0.3 is 10.2 Å². The summed E-state index contributed by atoms with van der Waals surface area (Å²) in [6.45, 7) is 4.73. The SMILES string of the molecule is Cc1ccc(N[C@@H]2CC3CC[C@@H]2N(C(=O)c2ccc(C)nc2-c2ncccn2)C3)nc1. The molecule has 7 nitrogen and oxygen atoms in total. The van der Waals surface area contributed by atoms with E-state index < -0.39 is 0 Å². The smallest absolute Gasteiger partial charge is 0.256 e. The van der Waals surface area contributed by atoms with Gasteiger partial charge in [-0.15, -0.1) is 0 Å². The third kappa shape index (κ3) is 3.87. The fourth-order valence-electron chi connectivity index (χ4n) is 4.80. The van der Waals surface area contributed by atoms with Gasteiger partial charge in [0.2, 0.25) is 0 Å². The van der Waals surface area contributed by atoms with Gasteiger partial charge in [-0.05, 0) is 68.9 Å². The highest BCUT2D eigenvalue weighted by atomic mass is 16.2. The minimum atomic E-state index is 0.00742. The summed E-state index contributed by atoms with van der Waals surface area (Å²) < 4.78 is 0. The lowest BCUT2D eigenvalue weighted by atomic mass is 9.76. The molecule has 3 atom stereocenters. The summed E-state index contributed by atoms with van der Waals surface area (Å²) in [5.41, 5.74) is 3.09. The number of nitrogens with one attached hydrogen (secondary N) is 1. The van der Waals surface area contributed by atoms with E-state index in [9.17, 15) is 4.79 Å². The van der Waals surface area contributed by atoms with Gasteiger partial charge in [-0.25, -0.2) is 19.9 Å². The zero-order chi connectivity index (χ0) is 21.4. The fraction of sp³-hybridized carbons (Fsp3) is 0.375. The molecule has 2 saturated heterocycles. The lowest BCUT2D eigenvalue weighted by molar-refractivity contribution is 0.0282. The number of anilines is 1. The average molecular weight is 415 g/mol. The van der Waals surface area contributed by atoms with E-state index in [1.807, 2.05) is 43.1 Å². The quantitative estimate of drug-likeness (QED) is 0.701. The number of hydrogen-bond acceptors (Lipinski definition) is 6. The van der Waals surface area contributed by atoms with Crippen molar-refractivity contribution in [2.45, 2.75) is 45.2 Å². The van der Waals surface area contributed by atoms with Crippen LogP contribution in [0.25, 0.3) is 11.5 Å². The van der Waals surface area contributed by atoms with Crippen LogP contribution in [0.4, 0.5) is 5.82 Å². The van der Waals surface area contributed by atoms with E-state index in [1.54, 1.807) is 18.5 Å². The molecule has 7 heteroatoms. The molecule has 3 aromatic heterocycles. The molecular formula is C24H26N6O. The van der Waals surface area contributed by atoms with Crippen LogP contribution in [0.2, 0.25) is 0 Å². The molecule has 6 rings (SSSR count). The Bertz CT molecular complexity index is 1080. The third-order valence-corrected chi connectivity index (χ3v) is 6.33. The van der Waals surface area contributed by atoms with Crippen molar-refractivity contribution in [1.29, 1.82) is 0 Å². The molecule has 0 radical (unpaired) electrons. The Labute approximate surface area is 182 Å². The predicted molar refractivity (Wildman–Crippen MR) is 119 cm³/mol. The van der Waals surface area contributed by atoms with Crippen LogP contribution < -0.4 is 5.32 Å². The normalized spacial score (nSPS) is 22.4. The minimum absolute atomic E-state index is 0.00742. The van der Waals surface area contributed by atoms with Crippen molar-refractivity contribution in [3.63, 3.8) is 0 Å². The Hall–Kier alpha value is -3.35. The molecule has 3 aliphatic rings. The van der Waals surface area contributed by atoms with E-state index in [0.29, 0.717) is 23.0 Å². The van der Waals surface area contributed by atoms with Crippen molar-refractivity contribution in [1.82, 2.24) is 24.8 Å². The number of amides is 1. The van der Waals surface area contributed by atoms with Crippen LogP contribution >= 0.6 is 0 Å². The van der Waals surface area contributed by atoms with Crippen molar-refractivity contribution in [2.75, 3.05) is 11.9 Å². The molecule has 3 fully saturated rings. The van der Waals surface area contributed by atoms with Gasteiger partial charge in [-0.2, -0.15) is 0 Å². The molecule has 31 heavy (non-hydrogen) atoms. The Kier molecular flexibility index (Phi) is 5.10. The van der Waals surface area contributed by atoms with Gasteiger partial charge in [-0.3, -0.25) is 4.79 Å². The number of aryl methyl sites for hydroxylation is 2. The monoisotopic (exact) mass is 414 g/mol. The lowest BCUT2D eigenvalue weighted by Gasteiger charge is -2.50. The Balaban J connectivity index is 1.44. The Morgan fingerprint density at radius 3 is 2.65 bits per heavy atom. The topological polar surface area (TPSA) is 83.9 Å². The summed E-state index contributed by atoms with van der Waals surface area (Å²) in [4.78, 5) is 33.6. The zero-order valence-electron chi connectivity index (χ0n) is 17.8. The number of piperidine rings is 2. The van der Waals surface area contributed by atoms with E-state index in [4.69, 9.17) is 0 Å². The second-order valence-electron chi connectivity index (χ2n) is 8.60. The van der Waals surface area contributed by atoms with E-state index in [-0.39, 0.29) is 18.0 Å². The van der Waals surface area contributed by atoms with Crippen molar-refractivity contribution in [3.05, 3.63) is 65.7 Å². The maximum absolute atomic E-state index is 13.7. The standard InChI is InChI=1S/C24H26N6O/c1-15-4-9-21(27-13-15)29-19-12-17-6-8-20(19)30(14-17)24(31)18-7-5-16(2)28-22(18)23-25-10-3-11-26-23/h3-5,7,9-11,13,17,19-20H,6,8,12,14H2,1-2H3,(H,27,29)/t17?,19-,20+/m1/s1.